The van der Waals surface area contributed by atoms with Crippen LogP contribution in [0.15, 0.2) is 48.5 Å². The van der Waals surface area contributed by atoms with E-state index in [1.165, 1.54) is 12.8 Å². The van der Waals surface area contributed by atoms with Crippen LogP contribution in [-0.4, -0.2) is 53.0 Å². The van der Waals surface area contributed by atoms with Gasteiger partial charge in [0.15, 0.2) is 0 Å². The Morgan fingerprint density at radius 3 is 1.84 bits per heavy atom. The zero-order valence-corrected chi connectivity index (χ0v) is 20.1. The molecule has 0 aliphatic carbocycles. The van der Waals surface area contributed by atoms with Crippen molar-refractivity contribution in [3.8, 4) is 16.9 Å². The number of nitrogens with zero attached hydrogens (tertiary/aromatic N) is 2. The molecule has 32 heavy (non-hydrogen) atoms. The number of ether oxygens (including phenoxy) is 1. The molecule has 4 heteroatoms. The van der Waals surface area contributed by atoms with Crippen LogP contribution in [0.2, 0.25) is 0 Å². The zero-order chi connectivity index (χ0) is 22.7. The van der Waals surface area contributed by atoms with Crippen molar-refractivity contribution in [2.24, 2.45) is 0 Å². The first-order valence-electron chi connectivity index (χ1n) is 12.4. The van der Waals surface area contributed by atoms with Crippen molar-refractivity contribution in [2.75, 3.05) is 13.2 Å². The number of rotatable bonds is 7. The second kappa shape index (κ2) is 10.1. The Hall–Kier alpha value is -2.33. The first-order chi connectivity index (χ1) is 15.4. The molecule has 2 aliphatic rings. The quantitative estimate of drug-likeness (QED) is 0.501. The summed E-state index contributed by atoms with van der Waals surface area (Å²) >= 11 is 0. The maximum atomic E-state index is 12.9. The lowest BCUT2D eigenvalue weighted by Crippen LogP contribution is -2.38. The van der Waals surface area contributed by atoms with E-state index in [1.54, 1.807) is 0 Å². The van der Waals surface area contributed by atoms with E-state index < -0.39 is 0 Å². The highest BCUT2D eigenvalue weighted by Crippen LogP contribution is 2.28. The van der Waals surface area contributed by atoms with Crippen LogP contribution in [0.1, 0.15) is 70.2 Å². The normalized spacial score (nSPS) is 25.9. The number of carbonyl (C=O) groups excluding carboxylic acids is 1. The topological polar surface area (TPSA) is 32.8 Å². The lowest BCUT2D eigenvalue weighted by atomic mass is 10.0. The number of hydrogen-bond donors (Lipinski definition) is 0. The van der Waals surface area contributed by atoms with Crippen LogP contribution in [-0.2, 0) is 0 Å². The summed E-state index contributed by atoms with van der Waals surface area (Å²) in [6.07, 6.45) is 5.87. The molecule has 0 radical (unpaired) electrons. The van der Waals surface area contributed by atoms with Crippen molar-refractivity contribution in [3.63, 3.8) is 0 Å². The molecule has 4 rings (SSSR count). The van der Waals surface area contributed by atoms with Crippen LogP contribution in [0.25, 0.3) is 11.1 Å². The summed E-state index contributed by atoms with van der Waals surface area (Å²) in [4.78, 5) is 17.5. The predicted octanol–water partition coefficient (Wildman–Crippen LogP) is 6.01. The Kier molecular flexibility index (Phi) is 7.20. The first-order valence-corrected chi connectivity index (χ1v) is 12.4. The number of likely N-dealkylation sites (tertiary alicyclic amines) is 2. The molecule has 0 N–H and O–H groups in total. The largest absolute Gasteiger partial charge is 0.494 e. The summed E-state index contributed by atoms with van der Waals surface area (Å²) < 4.78 is 5.98. The molecule has 2 aromatic carbocycles. The van der Waals surface area contributed by atoms with E-state index in [2.05, 4.69) is 44.7 Å². The smallest absolute Gasteiger partial charge is 0.254 e. The molecule has 1 amide bonds. The minimum Gasteiger partial charge on any atom is -0.494 e. The highest BCUT2D eigenvalue weighted by atomic mass is 16.5. The summed E-state index contributed by atoms with van der Waals surface area (Å²) in [5, 5.41) is 0. The number of hydrogen-bond acceptors (Lipinski definition) is 3. The van der Waals surface area contributed by atoms with E-state index in [9.17, 15) is 4.79 Å². The average molecular weight is 435 g/mol. The molecule has 0 unspecified atom stereocenters. The second-order valence-corrected chi connectivity index (χ2v) is 9.80. The van der Waals surface area contributed by atoms with Gasteiger partial charge in [0, 0.05) is 36.3 Å². The average Bonchev–Trinajstić information content (AvgIpc) is 3.31. The molecule has 0 spiro atoms. The van der Waals surface area contributed by atoms with Crippen molar-refractivity contribution in [1.82, 2.24) is 9.80 Å². The number of amides is 1. The van der Waals surface area contributed by atoms with Gasteiger partial charge in [-0.25, -0.2) is 0 Å². The maximum Gasteiger partial charge on any atom is 0.254 e. The summed E-state index contributed by atoms with van der Waals surface area (Å²) in [6.45, 7) is 10.8. The molecule has 2 heterocycles. The summed E-state index contributed by atoms with van der Waals surface area (Å²) in [6, 6.07) is 18.4. The van der Waals surface area contributed by atoms with Crippen LogP contribution < -0.4 is 4.74 Å². The van der Waals surface area contributed by atoms with Crippen molar-refractivity contribution in [2.45, 2.75) is 84.0 Å². The molecule has 172 valence electrons. The highest BCUT2D eigenvalue weighted by molar-refractivity contribution is 5.95. The standard InChI is InChI=1S/C28H38N2O2/c1-20-6-7-21(2)29(20)18-5-19-32-27-16-14-25(15-17-27)24-10-12-26(13-11-24)28(31)30-22(3)8-9-23(30)4/h10-17,20-23H,5-9,18-19H2,1-4H3/t20-,21-,22-,23-/m1/s1. The molecular weight excluding hydrogens is 396 g/mol. The minimum absolute atomic E-state index is 0.149. The third-order valence-electron chi connectivity index (χ3n) is 7.47. The Bertz CT molecular complexity index is 873. The molecule has 0 saturated carbocycles. The van der Waals surface area contributed by atoms with Gasteiger partial charge in [-0.2, -0.15) is 0 Å². The first kappa shape index (κ1) is 22.8. The van der Waals surface area contributed by atoms with E-state index in [1.807, 2.05) is 41.3 Å². The Morgan fingerprint density at radius 2 is 1.28 bits per heavy atom. The monoisotopic (exact) mass is 434 g/mol. The third kappa shape index (κ3) is 5.01. The molecule has 4 nitrogen and oxygen atoms in total. The van der Waals surface area contributed by atoms with Gasteiger partial charge in [-0.05, 0) is 95.2 Å². The molecule has 0 aromatic heterocycles. The fourth-order valence-corrected chi connectivity index (χ4v) is 5.42. The van der Waals surface area contributed by atoms with Gasteiger partial charge in [0.2, 0.25) is 0 Å². The molecule has 2 fully saturated rings. The van der Waals surface area contributed by atoms with Crippen LogP contribution in [0.3, 0.4) is 0 Å². The number of benzene rings is 2. The van der Waals surface area contributed by atoms with E-state index in [-0.39, 0.29) is 5.91 Å². The Labute approximate surface area is 193 Å². The van der Waals surface area contributed by atoms with Crippen LogP contribution in [0, 0.1) is 0 Å². The van der Waals surface area contributed by atoms with Gasteiger partial charge in [-0.15, -0.1) is 0 Å². The SMILES string of the molecule is C[C@@H]1CC[C@@H](C)N1CCCOc1ccc(-c2ccc(C(=O)N3[C@H](C)CC[C@H]3C)cc2)cc1. The second-order valence-electron chi connectivity index (χ2n) is 9.80. The van der Waals surface area contributed by atoms with E-state index in [4.69, 9.17) is 4.74 Å². The van der Waals surface area contributed by atoms with Gasteiger partial charge in [0.05, 0.1) is 6.61 Å². The third-order valence-corrected chi connectivity index (χ3v) is 7.47. The van der Waals surface area contributed by atoms with E-state index in [0.717, 1.165) is 54.9 Å². The van der Waals surface area contributed by atoms with Gasteiger partial charge < -0.3 is 9.64 Å². The van der Waals surface area contributed by atoms with Crippen LogP contribution >= 0.6 is 0 Å². The van der Waals surface area contributed by atoms with Crippen LogP contribution in [0.4, 0.5) is 0 Å². The van der Waals surface area contributed by atoms with E-state index in [0.29, 0.717) is 24.2 Å². The van der Waals surface area contributed by atoms with E-state index >= 15 is 0 Å². The van der Waals surface area contributed by atoms with Crippen molar-refractivity contribution >= 4 is 5.91 Å². The van der Waals surface area contributed by atoms with Gasteiger partial charge in [-0.1, -0.05) is 24.3 Å². The molecule has 0 bridgehead atoms. The molecular formula is C28H38N2O2. The van der Waals surface area contributed by atoms with Gasteiger partial charge in [0.25, 0.3) is 5.91 Å². The molecule has 2 saturated heterocycles. The molecule has 4 atom stereocenters. The van der Waals surface area contributed by atoms with Gasteiger partial charge >= 0.3 is 0 Å². The Balaban J connectivity index is 1.29. The van der Waals surface area contributed by atoms with Crippen molar-refractivity contribution in [3.05, 3.63) is 54.1 Å². The fourth-order valence-electron chi connectivity index (χ4n) is 5.42. The zero-order valence-electron chi connectivity index (χ0n) is 20.1. The molecule has 2 aliphatic heterocycles. The fraction of sp³-hybridized carbons (Fsp3) is 0.536. The lowest BCUT2D eigenvalue weighted by molar-refractivity contribution is 0.0693. The summed E-state index contributed by atoms with van der Waals surface area (Å²) in [5.74, 6) is 1.07. The van der Waals surface area contributed by atoms with Crippen molar-refractivity contribution < 1.29 is 9.53 Å². The predicted molar refractivity (Wildman–Crippen MR) is 131 cm³/mol. The van der Waals surface area contributed by atoms with Gasteiger partial charge in [-0.3, -0.25) is 9.69 Å². The van der Waals surface area contributed by atoms with Crippen molar-refractivity contribution in [1.29, 1.82) is 0 Å². The number of carbonyl (C=O) groups is 1. The highest BCUT2D eigenvalue weighted by Gasteiger charge is 2.31. The summed E-state index contributed by atoms with van der Waals surface area (Å²) in [5.41, 5.74) is 3.03. The summed E-state index contributed by atoms with van der Waals surface area (Å²) in [7, 11) is 0. The van der Waals surface area contributed by atoms with Gasteiger partial charge in [0.1, 0.15) is 5.75 Å². The lowest BCUT2D eigenvalue weighted by Gasteiger charge is -2.26. The minimum atomic E-state index is 0.149. The molecule has 2 aromatic rings. The maximum absolute atomic E-state index is 12.9. The Morgan fingerprint density at radius 1 is 0.781 bits per heavy atom. The van der Waals surface area contributed by atoms with Crippen LogP contribution in [0.5, 0.6) is 5.75 Å².